The summed E-state index contributed by atoms with van der Waals surface area (Å²) in [4.78, 5) is 24.5. The van der Waals surface area contributed by atoms with Crippen LogP contribution in [0, 0.1) is 5.92 Å². The minimum atomic E-state index is -0.935. The second kappa shape index (κ2) is 16.6. The van der Waals surface area contributed by atoms with E-state index in [2.05, 4.69) is 17.1 Å². The summed E-state index contributed by atoms with van der Waals surface area (Å²) in [6.07, 6.45) is 10.8. The van der Waals surface area contributed by atoms with Crippen molar-refractivity contribution in [1.82, 2.24) is 4.90 Å². The quantitative estimate of drug-likeness (QED) is 0.254. The molecule has 2 N–H and O–H groups in total. The van der Waals surface area contributed by atoms with Crippen LogP contribution >= 0.6 is 0 Å². The highest BCUT2D eigenvalue weighted by Gasteiger charge is 2.11. The molecule has 1 saturated heterocycles. The SMILES string of the molecule is O=C(O)CCCCC(/C=C/c1ccccc1OCCCCCN1CCOCC1)Cc1ccc(C(=O)O)cc1. The van der Waals surface area contributed by atoms with Crippen LogP contribution in [0.2, 0.25) is 0 Å². The van der Waals surface area contributed by atoms with Crippen LogP contribution in [0.1, 0.15) is 66.4 Å². The maximum Gasteiger partial charge on any atom is 0.335 e. The van der Waals surface area contributed by atoms with E-state index in [1.165, 1.54) is 6.42 Å². The number of hydrogen-bond donors (Lipinski definition) is 2. The molecule has 0 amide bonds. The van der Waals surface area contributed by atoms with Gasteiger partial charge < -0.3 is 19.7 Å². The maximum absolute atomic E-state index is 11.2. The predicted octanol–water partition coefficient (Wildman–Crippen LogP) is 5.78. The maximum atomic E-state index is 11.2. The summed E-state index contributed by atoms with van der Waals surface area (Å²) >= 11 is 0. The van der Waals surface area contributed by atoms with E-state index < -0.39 is 11.9 Å². The molecule has 0 saturated carbocycles. The van der Waals surface area contributed by atoms with E-state index in [4.69, 9.17) is 19.7 Å². The summed E-state index contributed by atoms with van der Waals surface area (Å²) in [7, 11) is 0. The Morgan fingerprint density at radius 3 is 2.45 bits per heavy atom. The molecule has 0 spiro atoms. The number of ether oxygens (including phenoxy) is 2. The topological polar surface area (TPSA) is 96.3 Å². The molecule has 1 unspecified atom stereocenters. The molecule has 0 radical (unpaired) electrons. The zero-order chi connectivity index (χ0) is 27.0. The lowest BCUT2D eigenvalue weighted by Gasteiger charge is -2.26. The van der Waals surface area contributed by atoms with Gasteiger partial charge in [0.1, 0.15) is 5.75 Å². The largest absolute Gasteiger partial charge is 0.493 e. The van der Waals surface area contributed by atoms with E-state index in [0.29, 0.717) is 13.0 Å². The molecule has 1 heterocycles. The zero-order valence-electron chi connectivity index (χ0n) is 22.2. The lowest BCUT2D eigenvalue weighted by Crippen LogP contribution is -2.36. The highest BCUT2D eigenvalue weighted by Crippen LogP contribution is 2.24. The molecule has 2 aromatic rings. The lowest BCUT2D eigenvalue weighted by atomic mass is 9.92. The first kappa shape index (κ1) is 29.4. The molecule has 0 aromatic heterocycles. The number of aliphatic carboxylic acids is 1. The number of hydrogen-bond acceptors (Lipinski definition) is 5. The van der Waals surface area contributed by atoms with E-state index in [9.17, 15) is 9.59 Å². The third kappa shape index (κ3) is 11.1. The Hall–Kier alpha value is -3.16. The number of aromatic carboxylic acids is 1. The molecule has 1 fully saturated rings. The fourth-order valence-corrected chi connectivity index (χ4v) is 4.65. The Balaban J connectivity index is 1.53. The monoisotopic (exact) mass is 523 g/mol. The van der Waals surface area contributed by atoms with Gasteiger partial charge in [0.25, 0.3) is 0 Å². The first-order valence-electron chi connectivity index (χ1n) is 13.8. The molecule has 206 valence electrons. The number of allylic oxidation sites excluding steroid dienone is 1. The van der Waals surface area contributed by atoms with Gasteiger partial charge in [-0.3, -0.25) is 9.69 Å². The van der Waals surface area contributed by atoms with Crippen LogP contribution in [-0.4, -0.2) is 66.5 Å². The molecule has 2 aromatic carbocycles. The van der Waals surface area contributed by atoms with Gasteiger partial charge in [-0.25, -0.2) is 4.79 Å². The summed E-state index contributed by atoms with van der Waals surface area (Å²) in [6.45, 7) is 5.55. The van der Waals surface area contributed by atoms with Crippen LogP contribution < -0.4 is 4.74 Å². The third-order valence-corrected chi connectivity index (χ3v) is 6.86. The van der Waals surface area contributed by atoms with Gasteiger partial charge >= 0.3 is 11.9 Å². The number of carboxylic acids is 2. The number of carboxylic acid groups (broad SMARTS) is 2. The molecular formula is C31H41NO6. The van der Waals surface area contributed by atoms with E-state index in [1.54, 1.807) is 12.1 Å². The number of rotatable bonds is 17. The molecule has 3 rings (SSSR count). The Bertz CT molecular complexity index is 1010. The van der Waals surface area contributed by atoms with E-state index >= 15 is 0 Å². The standard InChI is InChI=1S/C31H41NO6/c33-30(34)11-5-2-8-25(24-26-13-16-28(17-14-26)31(35)36)12-15-27-9-3-4-10-29(27)38-21-7-1-6-18-32-19-22-37-23-20-32/h3-4,9-10,12-17,25H,1-2,5-8,11,18-24H2,(H,33,34)(H,35,36)/b15-12+. The van der Waals surface area contributed by atoms with E-state index in [1.807, 2.05) is 36.4 Å². The molecule has 1 aliphatic heterocycles. The van der Waals surface area contributed by atoms with Crippen molar-refractivity contribution in [2.45, 2.75) is 51.4 Å². The summed E-state index contributed by atoms with van der Waals surface area (Å²) in [5.74, 6) is -0.635. The van der Waals surface area contributed by atoms with Crippen molar-refractivity contribution in [2.75, 3.05) is 39.5 Å². The number of unbranched alkanes of at least 4 members (excludes halogenated alkanes) is 3. The van der Waals surface area contributed by atoms with Crippen molar-refractivity contribution in [2.24, 2.45) is 5.92 Å². The Morgan fingerprint density at radius 2 is 1.71 bits per heavy atom. The number of para-hydroxylation sites is 1. The highest BCUT2D eigenvalue weighted by molar-refractivity contribution is 5.87. The van der Waals surface area contributed by atoms with Crippen molar-refractivity contribution < 1.29 is 29.3 Å². The smallest absolute Gasteiger partial charge is 0.335 e. The zero-order valence-corrected chi connectivity index (χ0v) is 22.2. The fraction of sp³-hybridized carbons (Fsp3) is 0.484. The van der Waals surface area contributed by atoms with Gasteiger partial charge in [-0.2, -0.15) is 0 Å². The van der Waals surface area contributed by atoms with Crippen molar-refractivity contribution in [3.05, 3.63) is 71.3 Å². The van der Waals surface area contributed by atoms with Crippen LogP contribution in [0.25, 0.3) is 6.08 Å². The Labute approximate surface area is 226 Å². The first-order valence-corrected chi connectivity index (χ1v) is 13.8. The molecule has 0 bridgehead atoms. The number of carbonyl (C=O) groups is 2. The normalized spacial score (nSPS) is 14.9. The van der Waals surface area contributed by atoms with Gasteiger partial charge in [-0.1, -0.05) is 48.9 Å². The molecule has 1 atom stereocenters. The summed E-state index contributed by atoms with van der Waals surface area (Å²) in [5.41, 5.74) is 2.36. The minimum absolute atomic E-state index is 0.173. The van der Waals surface area contributed by atoms with Crippen molar-refractivity contribution >= 4 is 18.0 Å². The van der Waals surface area contributed by atoms with Crippen LogP contribution in [0.3, 0.4) is 0 Å². The minimum Gasteiger partial charge on any atom is -0.493 e. The van der Waals surface area contributed by atoms with Crippen molar-refractivity contribution in [1.29, 1.82) is 0 Å². The van der Waals surface area contributed by atoms with Crippen LogP contribution in [0.15, 0.2) is 54.6 Å². The molecule has 0 aliphatic carbocycles. The lowest BCUT2D eigenvalue weighted by molar-refractivity contribution is -0.137. The molecular weight excluding hydrogens is 482 g/mol. The summed E-state index contributed by atoms with van der Waals surface area (Å²) < 4.78 is 11.5. The Morgan fingerprint density at radius 1 is 0.947 bits per heavy atom. The molecule has 7 heteroatoms. The van der Waals surface area contributed by atoms with Gasteiger partial charge in [-0.05, 0) is 74.8 Å². The van der Waals surface area contributed by atoms with Gasteiger partial charge in [0, 0.05) is 25.1 Å². The van der Waals surface area contributed by atoms with Crippen LogP contribution in [0.4, 0.5) is 0 Å². The third-order valence-electron chi connectivity index (χ3n) is 6.86. The molecule has 7 nitrogen and oxygen atoms in total. The number of morpholine rings is 1. The second-order valence-corrected chi connectivity index (χ2v) is 9.87. The average molecular weight is 524 g/mol. The van der Waals surface area contributed by atoms with Crippen molar-refractivity contribution in [3.8, 4) is 5.75 Å². The van der Waals surface area contributed by atoms with E-state index in [0.717, 1.165) is 81.8 Å². The van der Waals surface area contributed by atoms with Gasteiger partial charge in [0.15, 0.2) is 0 Å². The van der Waals surface area contributed by atoms with Crippen LogP contribution in [0.5, 0.6) is 5.75 Å². The Kier molecular flexibility index (Phi) is 12.9. The van der Waals surface area contributed by atoms with Gasteiger partial charge in [0.05, 0.1) is 25.4 Å². The van der Waals surface area contributed by atoms with Gasteiger partial charge in [-0.15, -0.1) is 0 Å². The number of benzene rings is 2. The summed E-state index contributed by atoms with van der Waals surface area (Å²) in [6, 6.07) is 15.0. The van der Waals surface area contributed by atoms with E-state index in [-0.39, 0.29) is 17.9 Å². The fourth-order valence-electron chi connectivity index (χ4n) is 4.65. The average Bonchev–Trinajstić information content (AvgIpc) is 2.92. The first-order chi connectivity index (χ1) is 18.5. The highest BCUT2D eigenvalue weighted by atomic mass is 16.5. The van der Waals surface area contributed by atoms with Crippen LogP contribution in [-0.2, 0) is 16.0 Å². The molecule has 38 heavy (non-hydrogen) atoms. The second-order valence-electron chi connectivity index (χ2n) is 9.87. The summed E-state index contributed by atoms with van der Waals surface area (Å²) in [5, 5.41) is 18.1. The molecule has 1 aliphatic rings. The predicted molar refractivity (Wildman–Crippen MR) is 149 cm³/mol. The van der Waals surface area contributed by atoms with Gasteiger partial charge in [0.2, 0.25) is 0 Å². The van der Waals surface area contributed by atoms with Crippen molar-refractivity contribution in [3.63, 3.8) is 0 Å². The number of nitrogens with zero attached hydrogens (tertiary/aromatic N) is 1.